The number of rotatable bonds is 8. The minimum Gasteiger partial charge on any atom is -0.369 e. The number of hydrogen-bond acceptors (Lipinski definition) is 6. The van der Waals surface area contributed by atoms with Gasteiger partial charge in [0, 0.05) is 49.0 Å². The molecule has 1 aliphatic heterocycles. The molecule has 9 heteroatoms. The summed E-state index contributed by atoms with van der Waals surface area (Å²) >= 11 is 1.39. The van der Waals surface area contributed by atoms with Gasteiger partial charge in [-0.2, -0.15) is 0 Å². The number of aryl methyl sites for hydroxylation is 1. The van der Waals surface area contributed by atoms with Crippen LogP contribution < -0.4 is 14.9 Å². The number of anilines is 2. The van der Waals surface area contributed by atoms with Crippen molar-refractivity contribution in [3.8, 4) is 0 Å². The minimum absolute atomic E-state index is 0.144. The summed E-state index contributed by atoms with van der Waals surface area (Å²) in [7, 11) is -3.20. The summed E-state index contributed by atoms with van der Waals surface area (Å²) in [4.78, 5) is 19.1. The maximum absolute atomic E-state index is 12.6. The van der Waals surface area contributed by atoms with Crippen molar-refractivity contribution >= 4 is 38.6 Å². The van der Waals surface area contributed by atoms with Gasteiger partial charge in [-0.25, -0.2) is 13.1 Å². The van der Waals surface area contributed by atoms with Gasteiger partial charge in [0.1, 0.15) is 0 Å². The lowest BCUT2D eigenvalue weighted by atomic mass is 10.1. The van der Waals surface area contributed by atoms with Crippen LogP contribution in [0.2, 0.25) is 0 Å². The van der Waals surface area contributed by atoms with Crippen LogP contribution in [-0.2, 0) is 16.4 Å². The quantitative estimate of drug-likeness (QED) is 0.646. The first-order valence-electron chi connectivity index (χ1n) is 10.2. The molecule has 2 N–H and O–H groups in total. The van der Waals surface area contributed by atoms with Crippen molar-refractivity contribution in [2.24, 2.45) is 0 Å². The number of carbonyl (C=O) groups excluding carboxylic acids is 1. The fraction of sp³-hybridized carbons (Fsp3) is 0.476. The van der Waals surface area contributed by atoms with Crippen LogP contribution in [0.25, 0.3) is 0 Å². The van der Waals surface area contributed by atoms with Gasteiger partial charge in [-0.3, -0.25) is 4.79 Å². The van der Waals surface area contributed by atoms with Crippen LogP contribution in [0.3, 0.4) is 0 Å². The third kappa shape index (κ3) is 6.28. The van der Waals surface area contributed by atoms with Crippen LogP contribution in [0.15, 0.2) is 30.3 Å². The Kier molecular flexibility index (Phi) is 7.51. The topological polar surface area (TPSA) is 81.8 Å². The second-order valence-corrected chi connectivity index (χ2v) is 10.6. The van der Waals surface area contributed by atoms with E-state index in [4.69, 9.17) is 0 Å². The molecule has 2 aromatic rings. The first-order valence-corrected chi connectivity index (χ1v) is 12.9. The lowest BCUT2D eigenvalue weighted by Gasteiger charge is -2.35. The Balaban J connectivity index is 1.58. The predicted octanol–water partition coefficient (Wildman–Crippen LogP) is 2.54. The van der Waals surface area contributed by atoms with E-state index in [2.05, 4.69) is 38.9 Å². The number of nitrogens with zero attached hydrogens (tertiary/aromatic N) is 2. The van der Waals surface area contributed by atoms with Gasteiger partial charge in [-0.15, -0.1) is 11.3 Å². The summed E-state index contributed by atoms with van der Waals surface area (Å²) in [6.07, 6.45) is 1.70. The van der Waals surface area contributed by atoms with E-state index in [1.54, 1.807) is 6.07 Å². The number of nitrogens with one attached hydrogen (secondary N) is 2. The Morgan fingerprint density at radius 1 is 1.13 bits per heavy atom. The highest BCUT2D eigenvalue weighted by molar-refractivity contribution is 7.88. The summed E-state index contributed by atoms with van der Waals surface area (Å²) < 4.78 is 24.8. The zero-order valence-corrected chi connectivity index (χ0v) is 19.4. The van der Waals surface area contributed by atoms with Crippen molar-refractivity contribution in [3.05, 3.63) is 45.6 Å². The molecule has 3 rings (SSSR count). The minimum atomic E-state index is -3.20. The van der Waals surface area contributed by atoms with Crippen LogP contribution in [0.1, 0.15) is 27.0 Å². The number of benzene rings is 1. The molecule has 1 aliphatic rings. The number of hydrogen-bond donors (Lipinski definition) is 2. The molecule has 0 spiro atoms. The second kappa shape index (κ2) is 9.91. The molecule has 0 aliphatic carbocycles. The number of amides is 1. The van der Waals surface area contributed by atoms with Crippen molar-refractivity contribution in [2.75, 3.05) is 55.7 Å². The van der Waals surface area contributed by atoms with Crippen molar-refractivity contribution in [1.29, 1.82) is 0 Å². The highest BCUT2D eigenvalue weighted by Crippen LogP contribution is 2.25. The van der Waals surface area contributed by atoms with Gasteiger partial charge < -0.3 is 15.1 Å². The molecule has 1 amide bonds. The van der Waals surface area contributed by atoms with Crippen LogP contribution in [-0.4, -0.2) is 64.7 Å². The van der Waals surface area contributed by atoms with Crippen LogP contribution >= 0.6 is 11.3 Å². The molecule has 1 aromatic heterocycles. The zero-order valence-electron chi connectivity index (χ0n) is 17.8. The van der Waals surface area contributed by atoms with Gasteiger partial charge in [0.25, 0.3) is 5.91 Å². The largest absolute Gasteiger partial charge is 0.369 e. The number of sulfonamides is 1. The van der Waals surface area contributed by atoms with Gasteiger partial charge >= 0.3 is 0 Å². The number of likely N-dealkylation sites (N-methyl/N-ethyl adjacent to an activating group) is 1. The Hall–Kier alpha value is -1.94. The molecule has 0 bridgehead atoms. The number of piperazine rings is 1. The molecule has 0 radical (unpaired) electrons. The smallest absolute Gasteiger partial charge is 0.265 e. The van der Waals surface area contributed by atoms with Crippen molar-refractivity contribution in [1.82, 2.24) is 9.62 Å². The van der Waals surface area contributed by atoms with E-state index in [0.29, 0.717) is 17.8 Å². The Bertz CT molecular complexity index is 980. The molecule has 7 nitrogen and oxygen atoms in total. The molecule has 1 saturated heterocycles. The molecule has 1 aromatic carbocycles. The summed E-state index contributed by atoms with van der Waals surface area (Å²) in [5.74, 6) is -0.144. The summed E-state index contributed by atoms with van der Waals surface area (Å²) in [6.45, 7) is 9.82. The highest BCUT2D eigenvalue weighted by atomic mass is 32.2. The van der Waals surface area contributed by atoms with E-state index in [1.807, 2.05) is 19.1 Å². The van der Waals surface area contributed by atoms with E-state index in [9.17, 15) is 13.2 Å². The molecular weight excluding hydrogens is 420 g/mol. The van der Waals surface area contributed by atoms with Gasteiger partial charge in [0.2, 0.25) is 10.0 Å². The van der Waals surface area contributed by atoms with E-state index in [-0.39, 0.29) is 5.91 Å². The monoisotopic (exact) mass is 450 g/mol. The van der Waals surface area contributed by atoms with E-state index < -0.39 is 10.0 Å². The lowest BCUT2D eigenvalue weighted by Crippen LogP contribution is -2.46. The normalized spacial score (nSPS) is 15.4. The standard InChI is InChI=1S/C21H30N4O3S2/c1-4-24-11-13-25(14-12-24)17-5-7-19(16(2)15-17)23-21(26)20-8-6-18(29-20)9-10-22-30(3,27)28/h5-8,15,22H,4,9-14H2,1-3H3,(H,23,26). The average molecular weight is 451 g/mol. The maximum Gasteiger partial charge on any atom is 0.265 e. The van der Waals surface area contributed by atoms with Crippen molar-refractivity contribution in [3.63, 3.8) is 0 Å². The molecule has 164 valence electrons. The fourth-order valence-electron chi connectivity index (χ4n) is 3.48. The van der Waals surface area contributed by atoms with Crippen LogP contribution in [0, 0.1) is 6.92 Å². The summed E-state index contributed by atoms with van der Waals surface area (Å²) in [6, 6.07) is 9.83. The third-order valence-corrected chi connectivity index (χ3v) is 7.14. The molecule has 2 heterocycles. The molecular formula is C21H30N4O3S2. The molecule has 0 atom stereocenters. The van der Waals surface area contributed by atoms with E-state index in [1.165, 1.54) is 17.0 Å². The average Bonchev–Trinajstić information content (AvgIpc) is 3.17. The molecule has 1 fully saturated rings. The summed E-state index contributed by atoms with van der Waals surface area (Å²) in [5, 5.41) is 3.00. The van der Waals surface area contributed by atoms with Crippen molar-refractivity contribution < 1.29 is 13.2 Å². The number of thiophene rings is 1. The van der Waals surface area contributed by atoms with Gasteiger partial charge in [0.05, 0.1) is 11.1 Å². The Morgan fingerprint density at radius 2 is 1.87 bits per heavy atom. The first kappa shape index (κ1) is 22.7. The van der Waals surface area contributed by atoms with Gasteiger partial charge in [0.15, 0.2) is 0 Å². The second-order valence-electron chi connectivity index (χ2n) is 7.56. The first-order chi connectivity index (χ1) is 14.2. The zero-order chi connectivity index (χ0) is 21.7. The Labute approximate surface area is 183 Å². The fourth-order valence-corrected chi connectivity index (χ4v) is 4.86. The Morgan fingerprint density at radius 3 is 2.50 bits per heavy atom. The van der Waals surface area contributed by atoms with Gasteiger partial charge in [-0.1, -0.05) is 6.92 Å². The predicted molar refractivity (Wildman–Crippen MR) is 124 cm³/mol. The number of carbonyl (C=O) groups is 1. The van der Waals surface area contributed by atoms with Crippen LogP contribution in [0.4, 0.5) is 11.4 Å². The SMILES string of the molecule is CCN1CCN(c2ccc(NC(=O)c3ccc(CCNS(C)(=O)=O)s3)c(C)c2)CC1. The third-order valence-electron chi connectivity index (χ3n) is 5.26. The van der Waals surface area contributed by atoms with Crippen molar-refractivity contribution in [2.45, 2.75) is 20.3 Å². The maximum atomic E-state index is 12.6. The lowest BCUT2D eigenvalue weighted by molar-refractivity contribution is 0.103. The molecule has 30 heavy (non-hydrogen) atoms. The van der Waals surface area contributed by atoms with E-state index in [0.717, 1.165) is 55.1 Å². The summed E-state index contributed by atoms with van der Waals surface area (Å²) in [5.41, 5.74) is 3.04. The van der Waals surface area contributed by atoms with E-state index >= 15 is 0 Å². The van der Waals surface area contributed by atoms with Gasteiger partial charge in [-0.05, 0) is 55.8 Å². The van der Waals surface area contributed by atoms with Crippen LogP contribution in [0.5, 0.6) is 0 Å². The molecule has 0 unspecified atom stereocenters. The highest BCUT2D eigenvalue weighted by Gasteiger charge is 2.17. The molecule has 0 saturated carbocycles.